The van der Waals surface area contributed by atoms with E-state index in [1.54, 1.807) is 18.3 Å². The van der Waals surface area contributed by atoms with E-state index in [1.807, 2.05) is 12.1 Å². The fourth-order valence-electron chi connectivity index (χ4n) is 2.64. The number of aryl methyl sites for hydroxylation is 2. The summed E-state index contributed by atoms with van der Waals surface area (Å²) >= 11 is 0. The van der Waals surface area contributed by atoms with E-state index in [2.05, 4.69) is 35.3 Å². The normalized spacial score (nSPS) is 10.6. The van der Waals surface area contributed by atoms with Gasteiger partial charge < -0.3 is 0 Å². The largest absolute Gasteiger partial charge is 0.256 e. The van der Waals surface area contributed by atoms with E-state index in [9.17, 15) is 4.39 Å². The third kappa shape index (κ3) is 3.59. The van der Waals surface area contributed by atoms with Gasteiger partial charge in [-0.15, -0.1) is 0 Å². The zero-order valence-corrected chi connectivity index (χ0v) is 12.4. The van der Waals surface area contributed by atoms with Gasteiger partial charge in [-0.3, -0.25) is 4.98 Å². The predicted molar refractivity (Wildman–Crippen MR) is 88.1 cm³/mol. The summed E-state index contributed by atoms with van der Waals surface area (Å²) in [6, 6.07) is 21.1. The molecule has 0 aliphatic heterocycles. The highest BCUT2D eigenvalue weighted by Gasteiger charge is 2.06. The standard InChI is InChI=1S/C20H18FN/c21-19-13-11-18(12-14-19)20-17(10-5-15-22-20)9-4-8-16-6-2-1-3-7-16/h1-3,5-7,10-15H,4,8-9H2. The molecule has 0 unspecified atom stereocenters. The van der Waals surface area contributed by atoms with Gasteiger partial charge in [0.15, 0.2) is 0 Å². The van der Waals surface area contributed by atoms with Crippen molar-refractivity contribution < 1.29 is 4.39 Å². The predicted octanol–water partition coefficient (Wildman–Crippen LogP) is 5.06. The topological polar surface area (TPSA) is 12.9 Å². The molecule has 0 aliphatic rings. The van der Waals surface area contributed by atoms with Crippen LogP contribution in [-0.2, 0) is 12.8 Å². The van der Waals surface area contributed by atoms with Gasteiger partial charge in [-0.05, 0) is 60.7 Å². The molecule has 1 heterocycles. The Morgan fingerprint density at radius 3 is 2.32 bits per heavy atom. The second-order valence-corrected chi connectivity index (χ2v) is 5.36. The maximum Gasteiger partial charge on any atom is 0.123 e. The highest BCUT2D eigenvalue weighted by atomic mass is 19.1. The lowest BCUT2D eigenvalue weighted by atomic mass is 9.99. The number of hydrogen-bond donors (Lipinski definition) is 0. The highest BCUT2D eigenvalue weighted by molar-refractivity contribution is 5.62. The Morgan fingerprint density at radius 1 is 0.773 bits per heavy atom. The molecule has 0 atom stereocenters. The van der Waals surface area contributed by atoms with Crippen LogP contribution in [0.4, 0.5) is 4.39 Å². The fourth-order valence-corrected chi connectivity index (χ4v) is 2.64. The van der Waals surface area contributed by atoms with E-state index in [-0.39, 0.29) is 5.82 Å². The van der Waals surface area contributed by atoms with Crippen molar-refractivity contribution in [2.75, 3.05) is 0 Å². The summed E-state index contributed by atoms with van der Waals surface area (Å²) in [5, 5.41) is 0. The van der Waals surface area contributed by atoms with Crippen LogP contribution in [0.25, 0.3) is 11.3 Å². The van der Waals surface area contributed by atoms with Crippen molar-refractivity contribution in [2.24, 2.45) is 0 Å². The van der Waals surface area contributed by atoms with Crippen molar-refractivity contribution in [3.63, 3.8) is 0 Å². The van der Waals surface area contributed by atoms with Gasteiger partial charge in [-0.25, -0.2) is 4.39 Å². The Balaban J connectivity index is 1.73. The average Bonchev–Trinajstić information content (AvgIpc) is 2.57. The molecule has 0 saturated carbocycles. The number of benzene rings is 2. The van der Waals surface area contributed by atoms with Gasteiger partial charge in [0.25, 0.3) is 0 Å². The Bertz CT molecular complexity index is 720. The Hall–Kier alpha value is -2.48. The van der Waals surface area contributed by atoms with Crippen LogP contribution in [0, 0.1) is 5.82 Å². The van der Waals surface area contributed by atoms with Crippen LogP contribution < -0.4 is 0 Å². The van der Waals surface area contributed by atoms with Crippen molar-refractivity contribution in [2.45, 2.75) is 19.3 Å². The number of nitrogens with zero attached hydrogens (tertiary/aromatic N) is 1. The zero-order valence-electron chi connectivity index (χ0n) is 12.4. The summed E-state index contributed by atoms with van der Waals surface area (Å²) in [7, 11) is 0. The second kappa shape index (κ2) is 6.99. The minimum Gasteiger partial charge on any atom is -0.256 e. The molecule has 0 bridgehead atoms. The molecule has 1 nitrogen and oxygen atoms in total. The van der Waals surface area contributed by atoms with E-state index in [0.29, 0.717) is 0 Å². The fraction of sp³-hybridized carbons (Fsp3) is 0.150. The van der Waals surface area contributed by atoms with Crippen molar-refractivity contribution >= 4 is 0 Å². The number of halogens is 1. The first-order chi connectivity index (χ1) is 10.8. The molecule has 0 aliphatic carbocycles. The first-order valence-corrected chi connectivity index (χ1v) is 7.57. The average molecular weight is 291 g/mol. The van der Waals surface area contributed by atoms with E-state index in [4.69, 9.17) is 0 Å². The maximum atomic E-state index is 13.1. The lowest BCUT2D eigenvalue weighted by molar-refractivity contribution is 0.628. The van der Waals surface area contributed by atoms with Crippen LogP contribution >= 0.6 is 0 Å². The van der Waals surface area contributed by atoms with Crippen molar-refractivity contribution in [1.29, 1.82) is 0 Å². The van der Waals surface area contributed by atoms with Gasteiger partial charge in [-0.1, -0.05) is 36.4 Å². The number of hydrogen-bond acceptors (Lipinski definition) is 1. The van der Waals surface area contributed by atoms with Crippen LogP contribution in [0.15, 0.2) is 72.9 Å². The third-order valence-corrected chi connectivity index (χ3v) is 3.76. The Labute approximate surface area is 130 Å². The van der Waals surface area contributed by atoms with E-state index in [1.165, 1.54) is 23.3 Å². The minimum atomic E-state index is -0.217. The van der Waals surface area contributed by atoms with Crippen LogP contribution in [0.5, 0.6) is 0 Å². The molecule has 0 spiro atoms. The zero-order chi connectivity index (χ0) is 15.2. The van der Waals surface area contributed by atoms with Crippen molar-refractivity contribution in [3.8, 4) is 11.3 Å². The number of pyridine rings is 1. The Morgan fingerprint density at radius 2 is 1.55 bits per heavy atom. The van der Waals surface area contributed by atoms with Crippen LogP contribution in [0.1, 0.15) is 17.5 Å². The molecular formula is C20H18FN. The molecule has 22 heavy (non-hydrogen) atoms. The summed E-state index contributed by atoms with van der Waals surface area (Å²) in [5.41, 5.74) is 4.49. The second-order valence-electron chi connectivity index (χ2n) is 5.36. The number of rotatable bonds is 5. The summed E-state index contributed by atoms with van der Waals surface area (Å²) in [5.74, 6) is -0.217. The summed E-state index contributed by atoms with van der Waals surface area (Å²) in [4.78, 5) is 4.48. The van der Waals surface area contributed by atoms with Gasteiger partial charge in [0, 0.05) is 11.8 Å². The third-order valence-electron chi connectivity index (χ3n) is 3.76. The molecule has 2 heteroatoms. The van der Waals surface area contributed by atoms with Gasteiger partial charge in [0.05, 0.1) is 5.69 Å². The first kappa shape index (κ1) is 14.5. The Kier molecular flexibility index (Phi) is 4.59. The molecule has 0 amide bonds. The smallest absolute Gasteiger partial charge is 0.123 e. The van der Waals surface area contributed by atoms with Crippen molar-refractivity contribution in [1.82, 2.24) is 4.98 Å². The monoisotopic (exact) mass is 291 g/mol. The number of aromatic nitrogens is 1. The van der Waals surface area contributed by atoms with E-state index in [0.717, 1.165) is 30.5 Å². The van der Waals surface area contributed by atoms with E-state index >= 15 is 0 Å². The molecule has 110 valence electrons. The first-order valence-electron chi connectivity index (χ1n) is 7.57. The molecule has 0 radical (unpaired) electrons. The maximum absolute atomic E-state index is 13.1. The molecule has 0 N–H and O–H groups in total. The molecule has 0 saturated heterocycles. The molecule has 0 fully saturated rings. The van der Waals surface area contributed by atoms with Crippen LogP contribution in [-0.4, -0.2) is 4.98 Å². The molecule has 1 aromatic heterocycles. The van der Waals surface area contributed by atoms with Gasteiger partial charge in [0.2, 0.25) is 0 Å². The van der Waals surface area contributed by atoms with Gasteiger partial charge >= 0.3 is 0 Å². The summed E-state index contributed by atoms with van der Waals surface area (Å²) in [6.45, 7) is 0. The molecule has 2 aromatic carbocycles. The SMILES string of the molecule is Fc1ccc(-c2ncccc2CCCc2ccccc2)cc1. The highest BCUT2D eigenvalue weighted by Crippen LogP contribution is 2.23. The van der Waals surface area contributed by atoms with Crippen molar-refractivity contribution in [3.05, 3.63) is 89.9 Å². The molecular weight excluding hydrogens is 273 g/mol. The quantitative estimate of drug-likeness (QED) is 0.640. The van der Waals surface area contributed by atoms with E-state index < -0.39 is 0 Å². The molecule has 3 aromatic rings. The van der Waals surface area contributed by atoms with Gasteiger partial charge in [-0.2, -0.15) is 0 Å². The van der Waals surface area contributed by atoms with Gasteiger partial charge in [0.1, 0.15) is 5.82 Å². The summed E-state index contributed by atoms with van der Waals surface area (Å²) in [6.07, 6.45) is 4.89. The lowest BCUT2D eigenvalue weighted by Crippen LogP contribution is -1.95. The molecule has 3 rings (SSSR count). The lowest BCUT2D eigenvalue weighted by Gasteiger charge is -2.09. The van der Waals surface area contributed by atoms with Crippen LogP contribution in [0.2, 0.25) is 0 Å². The summed E-state index contributed by atoms with van der Waals surface area (Å²) < 4.78 is 13.1. The minimum absolute atomic E-state index is 0.217. The van der Waals surface area contributed by atoms with Crippen LogP contribution in [0.3, 0.4) is 0 Å².